The minimum absolute atomic E-state index is 0.0435. The van der Waals surface area contributed by atoms with Gasteiger partial charge in [-0.25, -0.2) is 12.7 Å². The SMILES string of the molecule is Cc1cccc([C@H]2CCCN2C(=O)CCS(=O)(=O)N(C)C)c1C. The summed E-state index contributed by atoms with van der Waals surface area (Å²) in [5, 5.41) is 0. The predicted octanol–water partition coefficient (Wildman–Crippen LogP) is 2.25. The summed E-state index contributed by atoms with van der Waals surface area (Å²) in [5.74, 6) is -0.201. The van der Waals surface area contributed by atoms with E-state index in [9.17, 15) is 13.2 Å². The second-order valence-electron chi connectivity index (χ2n) is 6.38. The van der Waals surface area contributed by atoms with Gasteiger partial charge in [-0.05, 0) is 43.4 Å². The lowest BCUT2D eigenvalue weighted by Gasteiger charge is -2.27. The van der Waals surface area contributed by atoms with E-state index in [1.54, 1.807) is 0 Å². The number of likely N-dealkylation sites (tertiary alicyclic amines) is 1. The van der Waals surface area contributed by atoms with Gasteiger partial charge in [0.15, 0.2) is 0 Å². The molecule has 1 fully saturated rings. The summed E-state index contributed by atoms with van der Waals surface area (Å²) in [4.78, 5) is 14.4. The molecule has 1 atom stereocenters. The van der Waals surface area contributed by atoms with Gasteiger partial charge in [0.1, 0.15) is 0 Å². The topological polar surface area (TPSA) is 57.7 Å². The van der Waals surface area contributed by atoms with Gasteiger partial charge in [-0.2, -0.15) is 0 Å². The molecule has 6 heteroatoms. The third-order valence-electron chi connectivity index (χ3n) is 4.71. The van der Waals surface area contributed by atoms with Crippen LogP contribution in [0.3, 0.4) is 0 Å². The molecule has 1 aromatic rings. The molecule has 1 heterocycles. The van der Waals surface area contributed by atoms with Crippen molar-refractivity contribution in [1.29, 1.82) is 0 Å². The van der Waals surface area contributed by atoms with Gasteiger partial charge < -0.3 is 4.90 Å². The number of benzene rings is 1. The Morgan fingerprint density at radius 1 is 1.30 bits per heavy atom. The quantitative estimate of drug-likeness (QED) is 0.827. The Morgan fingerprint density at radius 2 is 2.00 bits per heavy atom. The molecule has 23 heavy (non-hydrogen) atoms. The number of hydrogen-bond acceptors (Lipinski definition) is 3. The van der Waals surface area contributed by atoms with Crippen molar-refractivity contribution in [1.82, 2.24) is 9.21 Å². The second-order valence-corrected chi connectivity index (χ2v) is 8.69. The number of carbonyl (C=O) groups excluding carboxylic acids is 1. The smallest absolute Gasteiger partial charge is 0.224 e. The van der Waals surface area contributed by atoms with E-state index >= 15 is 0 Å². The average molecular weight is 338 g/mol. The third kappa shape index (κ3) is 3.93. The van der Waals surface area contributed by atoms with Gasteiger partial charge in [0.2, 0.25) is 15.9 Å². The van der Waals surface area contributed by atoms with Gasteiger partial charge in [0, 0.05) is 27.1 Å². The molecule has 0 bridgehead atoms. The Morgan fingerprint density at radius 3 is 2.65 bits per heavy atom. The number of carbonyl (C=O) groups is 1. The summed E-state index contributed by atoms with van der Waals surface area (Å²) in [5.41, 5.74) is 3.63. The van der Waals surface area contributed by atoms with E-state index in [1.807, 2.05) is 11.0 Å². The molecule has 0 aromatic heterocycles. The Hall–Kier alpha value is -1.40. The van der Waals surface area contributed by atoms with Crippen LogP contribution in [0.25, 0.3) is 0 Å². The molecule has 1 aliphatic rings. The Balaban J connectivity index is 2.13. The highest BCUT2D eigenvalue weighted by atomic mass is 32.2. The number of aryl methyl sites for hydroxylation is 1. The molecule has 0 radical (unpaired) electrons. The van der Waals surface area contributed by atoms with Crippen molar-refractivity contribution in [2.75, 3.05) is 26.4 Å². The van der Waals surface area contributed by atoms with E-state index in [0.717, 1.165) is 12.8 Å². The molecule has 0 saturated carbocycles. The number of sulfonamides is 1. The predicted molar refractivity (Wildman–Crippen MR) is 91.7 cm³/mol. The van der Waals surface area contributed by atoms with Crippen molar-refractivity contribution in [3.63, 3.8) is 0 Å². The van der Waals surface area contributed by atoms with Crippen LogP contribution in [-0.2, 0) is 14.8 Å². The largest absolute Gasteiger partial charge is 0.336 e. The molecule has 5 nitrogen and oxygen atoms in total. The Kier molecular flexibility index (Phi) is 5.47. The highest BCUT2D eigenvalue weighted by molar-refractivity contribution is 7.89. The van der Waals surface area contributed by atoms with Gasteiger partial charge in [-0.3, -0.25) is 4.79 Å². The molecule has 0 aliphatic carbocycles. The van der Waals surface area contributed by atoms with Crippen LogP contribution in [0.1, 0.15) is 42.0 Å². The first kappa shape index (κ1) is 17.9. The third-order valence-corrected chi connectivity index (χ3v) is 6.54. The van der Waals surface area contributed by atoms with E-state index in [1.165, 1.54) is 35.1 Å². The molecule has 2 rings (SSSR count). The fraction of sp³-hybridized carbons (Fsp3) is 0.588. The number of rotatable bonds is 5. The van der Waals surface area contributed by atoms with Crippen molar-refractivity contribution in [2.24, 2.45) is 0 Å². The molecular formula is C17H26N2O3S. The molecule has 1 aromatic carbocycles. The summed E-state index contributed by atoms with van der Waals surface area (Å²) in [6.45, 7) is 4.87. The zero-order chi connectivity index (χ0) is 17.2. The molecule has 0 unspecified atom stereocenters. The summed E-state index contributed by atoms with van der Waals surface area (Å²) >= 11 is 0. The lowest BCUT2D eigenvalue weighted by atomic mass is 9.96. The van der Waals surface area contributed by atoms with Crippen LogP contribution in [0.2, 0.25) is 0 Å². The van der Waals surface area contributed by atoms with Crippen molar-refractivity contribution in [3.05, 3.63) is 34.9 Å². The zero-order valence-electron chi connectivity index (χ0n) is 14.4. The van der Waals surface area contributed by atoms with Crippen LogP contribution in [-0.4, -0.2) is 49.9 Å². The van der Waals surface area contributed by atoms with Crippen LogP contribution < -0.4 is 0 Å². The molecule has 0 spiro atoms. The maximum absolute atomic E-state index is 12.5. The highest BCUT2D eigenvalue weighted by Crippen LogP contribution is 2.34. The van der Waals surface area contributed by atoms with Gasteiger partial charge in [-0.15, -0.1) is 0 Å². The van der Waals surface area contributed by atoms with Crippen molar-refractivity contribution in [2.45, 2.75) is 39.2 Å². The fourth-order valence-electron chi connectivity index (χ4n) is 3.07. The molecular weight excluding hydrogens is 312 g/mol. The first-order valence-corrected chi connectivity index (χ1v) is 9.60. The van der Waals surface area contributed by atoms with Crippen LogP contribution >= 0.6 is 0 Å². The highest BCUT2D eigenvalue weighted by Gasteiger charge is 2.31. The fourth-order valence-corrected chi connectivity index (χ4v) is 3.86. The minimum atomic E-state index is -3.33. The zero-order valence-corrected chi connectivity index (χ0v) is 15.2. The van der Waals surface area contributed by atoms with E-state index in [2.05, 4.69) is 26.0 Å². The van der Waals surface area contributed by atoms with Crippen molar-refractivity contribution in [3.8, 4) is 0 Å². The lowest BCUT2D eigenvalue weighted by Crippen LogP contribution is -2.34. The average Bonchev–Trinajstić information content (AvgIpc) is 2.97. The normalized spacial score (nSPS) is 18.7. The van der Waals surface area contributed by atoms with Gasteiger partial charge >= 0.3 is 0 Å². The van der Waals surface area contributed by atoms with Crippen molar-refractivity contribution < 1.29 is 13.2 Å². The van der Waals surface area contributed by atoms with E-state index in [0.29, 0.717) is 6.54 Å². The molecule has 128 valence electrons. The van der Waals surface area contributed by atoms with Crippen molar-refractivity contribution >= 4 is 15.9 Å². The Labute approximate surface area is 139 Å². The monoisotopic (exact) mass is 338 g/mol. The van der Waals surface area contributed by atoms with E-state index in [-0.39, 0.29) is 24.1 Å². The van der Waals surface area contributed by atoms with Gasteiger partial charge in [0.05, 0.1) is 11.8 Å². The number of nitrogens with zero attached hydrogens (tertiary/aromatic N) is 2. The first-order valence-electron chi connectivity index (χ1n) is 8.00. The minimum Gasteiger partial charge on any atom is -0.336 e. The standard InChI is InChI=1S/C17H26N2O3S/c1-13-7-5-8-15(14(13)2)16-9-6-11-19(16)17(20)10-12-23(21,22)18(3)4/h5,7-8,16H,6,9-12H2,1-4H3/t16-/m1/s1. The second kappa shape index (κ2) is 7.01. The Bertz CT molecular complexity index is 683. The van der Waals surface area contributed by atoms with Crippen LogP contribution in [0.4, 0.5) is 0 Å². The maximum Gasteiger partial charge on any atom is 0.224 e. The number of amides is 1. The molecule has 1 aliphatic heterocycles. The summed E-state index contributed by atoms with van der Waals surface area (Å²) in [6.07, 6.45) is 1.95. The molecule has 0 N–H and O–H groups in total. The summed E-state index contributed by atoms with van der Waals surface area (Å²) < 4.78 is 24.9. The van der Waals surface area contributed by atoms with Crippen LogP contribution in [0, 0.1) is 13.8 Å². The molecule has 1 amide bonds. The summed E-state index contributed by atoms with van der Waals surface area (Å²) in [6, 6.07) is 6.25. The first-order chi connectivity index (χ1) is 10.7. The summed E-state index contributed by atoms with van der Waals surface area (Å²) in [7, 11) is -0.345. The van der Waals surface area contributed by atoms with Gasteiger partial charge in [-0.1, -0.05) is 18.2 Å². The number of hydrogen-bond donors (Lipinski definition) is 0. The molecule has 1 saturated heterocycles. The maximum atomic E-state index is 12.5. The van der Waals surface area contributed by atoms with Crippen LogP contribution in [0.5, 0.6) is 0 Å². The van der Waals surface area contributed by atoms with Crippen LogP contribution in [0.15, 0.2) is 18.2 Å². The van der Waals surface area contributed by atoms with E-state index < -0.39 is 10.0 Å². The lowest BCUT2D eigenvalue weighted by molar-refractivity contribution is -0.131. The van der Waals surface area contributed by atoms with E-state index in [4.69, 9.17) is 0 Å². The van der Waals surface area contributed by atoms with Gasteiger partial charge in [0.25, 0.3) is 0 Å².